The van der Waals surface area contributed by atoms with E-state index in [0.717, 1.165) is 50.5 Å². The number of Topliss-reactive ketones (excluding diaryl/α,β-unsaturated/α-hetero) is 1. The molecule has 1 spiro atoms. The number of aromatic hydroxyl groups is 1. The summed E-state index contributed by atoms with van der Waals surface area (Å²) in [5.74, 6) is 1.14. The molecule has 0 saturated heterocycles. The van der Waals surface area contributed by atoms with E-state index >= 15 is 0 Å². The van der Waals surface area contributed by atoms with Crippen LogP contribution < -0.4 is 4.74 Å². The fraction of sp³-hybridized carbons (Fsp3) is 0.759. The number of benzene rings is 1. The number of rotatable bonds is 14. The number of aliphatic hydroxyl groups excluding tert-OH is 2. The smallest absolute Gasteiger partial charge is 0.161 e. The minimum absolute atomic E-state index is 0.0550. The molecular formula is C29H46O5. The Hall–Kier alpha value is -1.59. The van der Waals surface area contributed by atoms with Crippen molar-refractivity contribution in [3.63, 3.8) is 0 Å². The number of phenols is 1. The average molecular weight is 475 g/mol. The van der Waals surface area contributed by atoms with Crippen LogP contribution in [0.2, 0.25) is 0 Å². The highest BCUT2D eigenvalue weighted by molar-refractivity contribution is 5.79. The first-order chi connectivity index (χ1) is 16.4. The Morgan fingerprint density at radius 2 is 1.97 bits per heavy atom. The van der Waals surface area contributed by atoms with Crippen LogP contribution >= 0.6 is 0 Å². The highest BCUT2D eigenvalue weighted by Crippen LogP contribution is 2.52. The third-order valence-corrected chi connectivity index (χ3v) is 8.20. The van der Waals surface area contributed by atoms with E-state index in [-0.39, 0.29) is 30.7 Å². The van der Waals surface area contributed by atoms with Gasteiger partial charge in [0.15, 0.2) is 11.5 Å². The zero-order valence-electron chi connectivity index (χ0n) is 21.1. The molecular weight excluding hydrogens is 428 g/mol. The van der Waals surface area contributed by atoms with Crippen LogP contribution in [0.4, 0.5) is 0 Å². The maximum Gasteiger partial charge on any atom is 0.161 e. The molecule has 0 aromatic heterocycles. The van der Waals surface area contributed by atoms with Gasteiger partial charge < -0.3 is 20.1 Å². The van der Waals surface area contributed by atoms with Crippen LogP contribution in [0.5, 0.6) is 11.5 Å². The molecule has 34 heavy (non-hydrogen) atoms. The number of ketones is 1. The van der Waals surface area contributed by atoms with Gasteiger partial charge in [0.25, 0.3) is 0 Å². The molecule has 0 heterocycles. The number of hydrogen-bond donors (Lipinski definition) is 3. The van der Waals surface area contributed by atoms with Crippen LogP contribution in [-0.2, 0) is 11.2 Å². The number of phenolic OH excluding ortho intramolecular Hbond substituents is 1. The number of carbonyl (C=O) groups is 1. The lowest BCUT2D eigenvalue weighted by atomic mass is 9.67. The van der Waals surface area contributed by atoms with Gasteiger partial charge in [0.1, 0.15) is 11.9 Å². The number of carbonyl (C=O) groups excluding carboxylic acids is 1. The molecule has 2 aliphatic carbocycles. The highest BCUT2D eigenvalue weighted by atomic mass is 16.5. The topological polar surface area (TPSA) is 87.0 Å². The molecule has 3 unspecified atom stereocenters. The third-order valence-electron chi connectivity index (χ3n) is 8.20. The molecule has 3 atom stereocenters. The van der Waals surface area contributed by atoms with Crippen molar-refractivity contribution in [3.8, 4) is 11.5 Å². The quantitative estimate of drug-likeness (QED) is 0.283. The molecule has 1 aromatic carbocycles. The van der Waals surface area contributed by atoms with Gasteiger partial charge in [-0.1, -0.05) is 45.1 Å². The van der Waals surface area contributed by atoms with E-state index in [1.54, 1.807) is 6.07 Å². The number of aryl methyl sites for hydroxylation is 1. The van der Waals surface area contributed by atoms with Gasteiger partial charge in [-0.3, -0.25) is 4.79 Å². The van der Waals surface area contributed by atoms with Gasteiger partial charge in [0, 0.05) is 19.4 Å². The number of aliphatic hydroxyl groups is 2. The number of hydrogen-bond acceptors (Lipinski definition) is 5. The summed E-state index contributed by atoms with van der Waals surface area (Å²) in [5.41, 5.74) is 1.36. The van der Waals surface area contributed by atoms with E-state index in [9.17, 15) is 20.1 Å². The summed E-state index contributed by atoms with van der Waals surface area (Å²) < 4.78 is 6.49. The first kappa shape index (κ1) is 27.0. The van der Waals surface area contributed by atoms with E-state index in [1.165, 1.54) is 32.1 Å². The SMILES string of the molecule is CCCCCC(O)CC(=O)CCc1ccc(O)c(OC2CC3(CCCC3)CCC2CCCO)c1. The summed E-state index contributed by atoms with van der Waals surface area (Å²) in [6.07, 6.45) is 14.9. The Morgan fingerprint density at radius 1 is 1.18 bits per heavy atom. The maximum absolute atomic E-state index is 12.4. The molecule has 0 radical (unpaired) electrons. The Labute approximate surface area is 205 Å². The Kier molecular flexibility index (Phi) is 10.7. The Morgan fingerprint density at radius 3 is 2.71 bits per heavy atom. The lowest BCUT2D eigenvalue weighted by molar-refractivity contribution is -0.121. The van der Waals surface area contributed by atoms with E-state index in [1.807, 2.05) is 12.1 Å². The van der Waals surface area contributed by atoms with Crippen molar-refractivity contribution in [2.24, 2.45) is 11.3 Å². The van der Waals surface area contributed by atoms with E-state index in [2.05, 4.69) is 6.92 Å². The Bertz CT molecular complexity index is 755. The fourth-order valence-electron chi connectivity index (χ4n) is 6.13. The summed E-state index contributed by atoms with van der Waals surface area (Å²) in [7, 11) is 0. The zero-order chi connectivity index (χ0) is 24.4. The molecule has 0 bridgehead atoms. The first-order valence-corrected chi connectivity index (χ1v) is 13.7. The van der Waals surface area contributed by atoms with Gasteiger partial charge >= 0.3 is 0 Å². The molecule has 5 heteroatoms. The predicted molar refractivity (Wildman–Crippen MR) is 135 cm³/mol. The summed E-state index contributed by atoms with van der Waals surface area (Å²) in [5, 5.41) is 30.0. The largest absolute Gasteiger partial charge is 0.504 e. The van der Waals surface area contributed by atoms with Gasteiger partial charge in [-0.25, -0.2) is 0 Å². The summed E-state index contributed by atoms with van der Waals surface area (Å²) in [6.45, 7) is 2.33. The normalized spacial score (nSPS) is 22.7. The van der Waals surface area contributed by atoms with E-state index < -0.39 is 6.10 Å². The van der Waals surface area contributed by atoms with Crippen molar-refractivity contribution >= 4 is 5.78 Å². The fourth-order valence-corrected chi connectivity index (χ4v) is 6.13. The van der Waals surface area contributed by atoms with Gasteiger partial charge in [0.05, 0.1) is 6.10 Å². The summed E-state index contributed by atoms with van der Waals surface area (Å²) in [6, 6.07) is 5.42. The third kappa shape index (κ3) is 7.98. The van der Waals surface area contributed by atoms with Crippen LogP contribution in [0.15, 0.2) is 18.2 Å². The molecule has 2 aliphatic rings. The molecule has 1 aromatic rings. The minimum Gasteiger partial charge on any atom is -0.504 e. The summed E-state index contributed by atoms with van der Waals surface area (Å²) in [4.78, 5) is 12.4. The zero-order valence-corrected chi connectivity index (χ0v) is 21.1. The first-order valence-electron chi connectivity index (χ1n) is 13.7. The molecule has 5 nitrogen and oxygen atoms in total. The van der Waals surface area contributed by atoms with Gasteiger partial charge in [-0.05, 0) is 86.8 Å². The average Bonchev–Trinajstić information content (AvgIpc) is 3.27. The lowest BCUT2D eigenvalue weighted by Crippen LogP contribution is -2.39. The van der Waals surface area contributed by atoms with Crippen LogP contribution in [0.25, 0.3) is 0 Å². The Balaban J connectivity index is 1.58. The monoisotopic (exact) mass is 474 g/mol. The molecule has 192 valence electrons. The van der Waals surface area contributed by atoms with Crippen LogP contribution in [0, 0.1) is 11.3 Å². The molecule has 0 amide bonds. The second-order valence-electron chi connectivity index (χ2n) is 10.9. The van der Waals surface area contributed by atoms with Crippen molar-refractivity contribution in [3.05, 3.63) is 23.8 Å². The van der Waals surface area contributed by atoms with Crippen molar-refractivity contribution in [2.45, 2.75) is 122 Å². The van der Waals surface area contributed by atoms with Crippen molar-refractivity contribution in [1.82, 2.24) is 0 Å². The summed E-state index contributed by atoms with van der Waals surface area (Å²) >= 11 is 0. The van der Waals surface area contributed by atoms with Crippen molar-refractivity contribution in [1.29, 1.82) is 0 Å². The van der Waals surface area contributed by atoms with Crippen LogP contribution in [-0.4, -0.2) is 39.9 Å². The highest BCUT2D eigenvalue weighted by Gasteiger charge is 2.43. The van der Waals surface area contributed by atoms with Gasteiger partial charge in [-0.2, -0.15) is 0 Å². The van der Waals surface area contributed by atoms with E-state index in [4.69, 9.17) is 4.74 Å². The predicted octanol–water partition coefficient (Wildman–Crippen LogP) is 6.11. The second kappa shape index (κ2) is 13.5. The minimum atomic E-state index is -0.539. The second-order valence-corrected chi connectivity index (χ2v) is 10.9. The van der Waals surface area contributed by atoms with E-state index in [0.29, 0.717) is 36.3 Å². The molecule has 2 fully saturated rings. The molecule has 3 N–H and O–H groups in total. The molecule has 0 aliphatic heterocycles. The maximum atomic E-state index is 12.4. The standard InChI is InChI=1S/C29H46O5/c1-2-3-4-9-24(31)20-25(32)12-10-22-11-13-26(33)27(19-22)34-28-21-29(15-5-6-16-29)17-14-23(28)8-7-18-30/h11,13,19,23-24,28,30-31,33H,2-10,12,14-18,20-21H2,1H3. The lowest BCUT2D eigenvalue weighted by Gasteiger charge is -2.43. The van der Waals surface area contributed by atoms with Gasteiger partial charge in [-0.15, -0.1) is 0 Å². The molecule has 2 saturated carbocycles. The van der Waals surface area contributed by atoms with Gasteiger partial charge in [0.2, 0.25) is 0 Å². The van der Waals surface area contributed by atoms with Crippen LogP contribution in [0.1, 0.15) is 109 Å². The number of ether oxygens (including phenoxy) is 1. The van der Waals surface area contributed by atoms with Crippen LogP contribution in [0.3, 0.4) is 0 Å². The van der Waals surface area contributed by atoms with Crippen molar-refractivity contribution < 1.29 is 24.9 Å². The van der Waals surface area contributed by atoms with Crippen molar-refractivity contribution in [2.75, 3.05) is 6.61 Å². The molecule has 3 rings (SSSR count). The number of unbranched alkanes of at least 4 members (excludes halogenated alkanes) is 2.